The zero-order chi connectivity index (χ0) is 24.9. The van der Waals surface area contributed by atoms with Crippen molar-refractivity contribution in [1.82, 2.24) is 0 Å². The van der Waals surface area contributed by atoms with E-state index in [1.165, 1.54) is 22.3 Å². The molecule has 0 bridgehead atoms. The smallest absolute Gasteiger partial charge is 0.0892 e. The topological polar surface area (TPSA) is 12.5 Å². The van der Waals surface area contributed by atoms with Gasteiger partial charge in [-0.15, -0.1) is 0 Å². The van der Waals surface area contributed by atoms with Gasteiger partial charge in [0.1, 0.15) is 0 Å². The van der Waals surface area contributed by atoms with E-state index in [0.717, 1.165) is 69.8 Å². The maximum atomic E-state index is 7.90. The van der Waals surface area contributed by atoms with E-state index in [-0.39, 0.29) is 5.60 Å². The van der Waals surface area contributed by atoms with Crippen LogP contribution in [0.3, 0.4) is 0 Å². The molecule has 1 unspecified atom stereocenters. The predicted octanol–water partition coefficient (Wildman–Crippen LogP) is 9.98. The molecule has 0 aromatic carbocycles. The summed E-state index contributed by atoms with van der Waals surface area (Å²) in [7, 11) is 0. The highest BCUT2D eigenvalue weighted by molar-refractivity contribution is 5.17. The summed E-state index contributed by atoms with van der Waals surface area (Å²) in [5.41, 5.74) is 6.98. The molecule has 1 fully saturated rings. The van der Waals surface area contributed by atoms with Crippen molar-refractivity contribution >= 4 is 0 Å². The molecule has 0 spiro atoms. The number of unbranched alkanes of at least 4 members (excludes halogenated alkanes) is 1. The van der Waals surface area contributed by atoms with Crippen LogP contribution in [0.1, 0.15) is 114 Å². The molecule has 1 nitrogen and oxygen atoms in total. The van der Waals surface area contributed by atoms with Gasteiger partial charge in [0.25, 0.3) is 0 Å². The van der Waals surface area contributed by atoms with Gasteiger partial charge in [-0.3, -0.25) is 0 Å². The van der Waals surface area contributed by atoms with Crippen LogP contribution in [0.25, 0.3) is 0 Å². The lowest BCUT2D eigenvalue weighted by Crippen LogP contribution is -2.02. The zero-order valence-electron chi connectivity index (χ0n) is 23.2. The van der Waals surface area contributed by atoms with E-state index >= 15 is 0 Å². The molecule has 1 aliphatic heterocycles. The third-order valence-electron chi connectivity index (χ3n) is 6.27. The van der Waals surface area contributed by atoms with E-state index in [9.17, 15) is 0 Å². The molecule has 0 N–H and O–H groups in total. The van der Waals surface area contributed by atoms with E-state index < -0.39 is 0 Å². The minimum Gasteiger partial charge on any atom is -0.367 e. The number of allylic oxidation sites excluding steroid dienone is 11. The highest BCUT2D eigenvalue weighted by atomic mass is 16.6. The molecule has 0 amide bonds. The lowest BCUT2D eigenvalue weighted by atomic mass is 10.0. The number of hydrogen-bond acceptors (Lipinski definition) is 1. The van der Waals surface area contributed by atoms with Crippen molar-refractivity contribution in [3.8, 4) is 0 Å². The molecular formula is C31H50O. The summed E-state index contributed by atoms with van der Waals surface area (Å²) in [5, 5.41) is 0. The standard InChI is InChI=1S/C31H50O/c1-9-29(21-12-15-25(2)3)22-14-20-27(5)17-11-10-16-26(4)18-13-19-28(6)23-24-30-31(7,8)32-30/h9,15-17,19,22,30H,1,10-14,18,20-21,23-24H2,2-8H3/b26-16+,27-17+,28-19+,29-22-/i9T. The third kappa shape index (κ3) is 13.7. The maximum Gasteiger partial charge on any atom is 0.0892 e. The van der Waals surface area contributed by atoms with E-state index in [4.69, 9.17) is 6.11 Å². The first-order chi connectivity index (χ1) is 15.5. The second kappa shape index (κ2) is 15.3. The van der Waals surface area contributed by atoms with E-state index in [1.54, 1.807) is 0 Å². The molecule has 0 aliphatic carbocycles. The average Bonchev–Trinajstić information content (AvgIpc) is 3.34. The highest BCUT2D eigenvalue weighted by Gasteiger charge is 2.46. The number of hydrogen-bond donors (Lipinski definition) is 0. The Balaban J connectivity index is 2.26. The van der Waals surface area contributed by atoms with Crippen molar-refractivity contribution < 1.29 is 6.11 Å². The van der Waals surface area contributed by atoms with E-state index in [0.29, 0.717) is 12.2 Å². The van der Waals surface area contributed by atoms with Gasteiger partial charge < -0.3 is 4.74 Å². The van der Waals surface area contributed by atoms with E-state index in [2.05, 4.69) is 85.4 Å². The minimum absolute atomic E-state index is 0.119. The first kappa shape index (κ1) is 26.7. The summed E-state index contributed by atoms with van der Waals surface area (Å²) in [6, 6.07) is 0.463. The van der Waals surface area contributed by atoms with Crippen molar-refractivity contribution in [1.29, 1.82) is 0 Å². The van der Waals surface area contributed by atoms with Gasteiger partial charge in [0.15, 0.2) is 0 Å². The molecule has 1 aliphatic rings. The molecule has 0 saturated carbocycles. The van der Waals surface area contributed by atoms with Crippen molar-refractivity contribution in [2.45, 2.75) is 124 Å². The average molecular weight is 441 g/mol. The Morgan fingerprint density at radius 3 is 1.72 bits per heavy atom. The monoisotopic (exact) mass is 440 g/mol. The highest BCUT2D eigenvalue weighted by Crippen LogP contribution is 2.38. The summed E-state index contributed by atoms with van der Waals surface area (Å²) >= 11 is 0. The molecule has 1 atom stereocenters. The summed E-state index contributed by atoms with van der Waals surface area (Å²) in [6.45, 7) is 19.2. The molecule has 0 aromatic heterocycles. The zero-order valence-corrected chi connectivity index (χ0v) is 22.2. The Morgan fingerprint density at radius 1 is 0.750 bits per heavy atom. The lowest BCUT2D eigenvalue weighted by molar-refractivity contribution is 0.320. The first-order valence-corrected chi connectivity index (χ1v) is 12.6. The quantitative estimate of drug-likeness (QED) is 0.101. The lowest BCUT2D eigenvalue weighted by Gasteiger charge is -2.03. The number of epoxide rings is 1. The van der Waals surface area contributed by atoms with Gasteiger partial charge >= 0.3 is 0 Å². The largest absolute Gasteiger partial charge is 0.367 e. The van der Waals surface area contributed by atoms with Gasteiger partial charge in [-0.2, -0.15) is 0 Å². The molecular weight excluding hydrogens is 388 g/mol. The van der Waals surface area contributed by atoms with Crippen LogP contribution in [0.5, 0.6) is 0 Å². The van der Waals surface area contributed by atoms with Gasteiger partial charge in [0, 0.05) is 0 Å². The minimum atomic E-state index is 0.119. The van der Waals surface area contributed by atoms with Crippen LogP contribution in [0, 0.1) is 0 Å². The molecule has 0 radical (unpaired) electrons. The number of ether oxygens (including phenoxy) is 1. The summed E-state index contributed by atoms with van der Waals surface area (Å²) in [5.74, 6) is 0. The molecule has 1 rings (SSSR count). The van der Waals surface area contributed by atoms with Crippen LogP contribution in [0.4, 0.5) is 0 Å². The third-order valence-corrected chi connectivity index (χ3v) is 6.27. The fraction of sp³-hybridized carbons (Fsp3) is 0.613. The second-order valence-electron chi connectivity index (χ2n) is 10.3. The second-order valence-corrected chi connectivity index (χ2v) is 10.3. The van der Waals surface area contributed by atoms with Gasteiger partial charge in [-0.05, 0) is 113 Å². The Hall–Kier alpha value is -1.60. The molecule has 180 valence electrons. The molecule has 32 heavy (non-hydrogen) atoms. The number of rotatable bonds is 16. The molecule has 0 aromatic rings. The van der Waals surface area contributed by atoms with Crippen LogP contribution in [-0.4, -0.2) is 11.7 Å². The fourth-order valence-corrected chi connectivity index (χ4v) is 3.86. The normalized spacial score (nSPS) is 19.6. The Bertz CT molecular complexity index is 769. The molecule has 1 saturated heterocycles. The Morgan fingerprint density at radius 2 is 1.22 bits per heavy atom. The van der Waals surface area contributed by atoms with Gasteiger partial charge in [-0.1, -0.05) is 70.9 Å². The van der Waals surface area contributed by atoms with Crippen LogP contribution in [0.2, 0.25) is 0 Å². The SMILES string of the molecule is [3H]C(=C)/C(=C/CC/C(C)=C/CC/C=C(\C)CC/C=C(\C)CCC1OC1(C)C)CCC=C(C)C. The summed E-state index contributed by atoms with van der Waals surface area (Å²) < 4.78 is 13.6. The van der Waals surface area contributed by atoms with Crippen molar-refractivity contribution in [2.75, 3.05) is 0 Å². The van der Waals surface area contributed by atoms with Crippen LogP contribution in [-0.2, 0) is 4.74 Å². The molecule has 1 heteroatoms. The first-order valence-electron chi connectivity index (χ1n) is 13.1. The van der Waals surface area contributed by atoms with Gasteiger partial charge in [-0.25, -0.2) is 0 Å². The van der Waals surface area contributed by atoms with E-state index in [1.807, 2.05) is 0 Å². The maximum absolute atomic E-state index is 7.90. The predicted molar refractivity (Wildman–Crippen MR) is 144 cm³/mol. The van der Waals surface area contributed by atoms with Crippen molar-refractivity contribution in [2.24, 2.45) is 0 Å². The Kier molecular flexibility index (Phi) is 12.7. The summed E-state index contributed by atoms with van der Waals surface area (Å²) in [6.07, 6.45) is 22.9. The van der Waals surface area contributed by atoms with Crippen LogP contribution >= 0.6 is 0 Å². The van der Waals surface area contributed by atoms with Crippen LogP contribution in [0.15, 0.2) is 70.9 Å². The van der Waals surface area contributed by atoms with Crippen LogP contribution < -0.4 is 0 Å². The summed E-state index contributed by atoms with van der Waals surface area (Å²) in [4.78, 5) is 0. The van der Waals surface area contributed by atoms with Crippen molar-refractivity contribution in [3.05, 3.63) is 70.9 Å². The molecule has 1 heterocycles. The van der Waals surface area contributed by atoms with Gasteiger partial charge in [0.05, 0.1) is 13.1 Å². The van der Waals surface area contributed by atoms with Crippen molar-refractivity contribution in [3.63, 3.8) is 0 Å². The Labute approximate surface area is 201 Å². The fourth-order valence-electron chi connectivity index (χ4n) is 3.86. The van der Waals surface area contributed by atoms with Gasteiger partial charge in [0.2, 0.25) is 0 Å².